The molecule has 0 aromatic carbocycles. The molecular formula is C11H11BrN4OS. The molecule has 0 atom stereocenters. The molecule has 1 amide bonds. The topological polar surface area (TPSA) is 72.1 Å². The third-order valence-corrected chi connectivity index (χ3v) is 3.83. The third-order valence-electron chi connectivity index (χ3n) is 2.28. The van der Waals surface area contributed by atoms with Crippen LogP contribution in [0.5, 0.6) is 0 Å². The van der Waals surface area contributed by atoms with Crippen molar-refractivity contribution in [2.24, 2.45) is 0 Å². The van der Waals surface area contributed by atoms with Crippen LogP contribution >= 0.6 is 27.3 Å². The van der Waals surface area contributed by atoms with Crippen molar-refractivity contribution in [1.29, 1.82) is 0 Å². The molecule has 2 aromatic heterocycles. The van der Waals surface area contributed by atoms with E-state index in [2.05, 4.69) is 25.9 Å². The van der Waals surface area contributed by atoms with Gasteiger partial charge in [-0.2, -0.15) is 0 Å². The van der Waals surface area contributed by atoms with Crippen LogP contribution in [0.4, 0.5) is 5.82 Å². The number of halogens is 1. The van der Waals surface area contributed by atoms with Gasteiger partial charge in [-0.25, -0.2) is 9.97 Å². The predicted molar refractivity (Wildman–Crippen MR) is 74.3 cm³/mol. The van der Waals surface area contributed by atoms with Crippen molar-refractivity contribution in [2.45, 2.75) is 6.54 Å². The number of carbonyl (C=O) groups excluding carboxylic acids is 1. The zero-order valence-electron chi connectivity index (χ0n) is 9.63. The Balaban J connectivity index is 2.07. The normalized spacial score (nSPS) is 10.3. The number of amides is 1. The minimum absolute atomic E-state index is 0.176. The van der Waals surface area contributed by atoms with Crippen molar-refractivity contribution < 1.29 is 4.79 Å². The first-order valence-corrected chi connectivity index (χ1v) is 6.79. The van der Waals surface area contributed by atoms with Gasteiger partial charge in [0.15, 0.2) is 0 Å². The molecule has 2 heterocycles. The SMILES string of the molecule is CN(Cc1csc(Br)c1)C(=O)c1cnc(N)cn1. The summed E-state index contributed by atoms with van der Waals surface area (Å²) in [7, 11) is 1.73. The molecule has 0 bridgehead atoms. The van der Waals surface area contributed by atoms with Gasteiger partial charge in [0.2, 0.25) is 0 Å². The molecule has 0 saturated carbocycles. The summed E-state index contributed by atoms with van der Waals surface area (Å²) in [5, 5.41) is 2.00. The fourth-order valence-electron chi connectivity index (χ4n) is 1.42. The maximum absolute atomic E-state index is 12.0. The largest absolute Gasteiger partial charge is 0.382 e. The summed E-state index contributed by atoms with van der Waals surface area (Å²) in [4.78, 5) is 21.5. The predicted octanol–water partition coefficient (Wildman–Crippen LogP) is 2.15. The average Bonchev–Trinajstić information content (AvgIpc) is 2.75. The number of thiophene rings is 1. The summed E-state index contributed by atoms with van der Waals surface area (Å²) in [6.45, 7) is 0.535. The Labute approximate surface area is 117 Å². The van der Waals surface area contributed by atoms with E-state index in [1.54, 1.807) is 23.3 Å². The summed E-state index contributed by atoms with van der Waals surface area (Å²) in [5.74, 6) is 0.126. The Morgan fingerprint density at radius 1 is 1.50 bits per heavy atom. The lowest BCUT2D eigenvalue weighted by atomic mass is 10.3. The molecule has 2 aromatic rings. The van der Waals surface area contributed by atoms with Crippen molar-refractivity contribution in [3.8, 4) is 0 Å². The quantitative estimate of drug-likeness (QED) is 0.938. The monoisotopic (exact) mass is 326 g/mol. The molecule has 2 N–H and O–H groups in total. The molecule has 18 heavy (non-hydrogen) atoms. The number of nitrogen functional groups attached to an aromatic ring is 1. The minimum atomic E-state index is -0.176. The van der Waals surface area contributed by atoms with E-state index in [-0.39, 0.29) is 5.91 Å². The fourth-order valence-corrected chi connectivity index (χ4v) is 2.62. The fraction of sp³-hybridized carbons (Fsp3) is 0.182. The Kier molecular flexibility index (Phi) is 3.93. The number of nitrogens with zero attached hydrogens (tertiary/aromatic N) is 3. The molecule has 0 saturated heterocycles. The molecule has 7 heteroatoms. The number of anilines is 1. The van der Waals surface area contributed by atoms with Gasteiger partial charge < -0.3 is 10.6 Å². The first-order valence-electron chi connectivity index (χ1n) is 5.12. The minimum Gasteiger partial charge on any atom is -0.382 e. The summed E-state index contributed by atoms with van der Waals surface area (Å²) < 4.78 is 1.05. The molecule has 0 radical (unpaired) electrons. The van der Waals surface area contributed by atoms with Gasteiger partial charge in [0.25, 0.3) is 5.91 Å². The lowest BCUT2D eigenvalue weighted by Crippen LogP contribution is -2.27. The van der Waals surface area contributed by atoms with Crippen LogP contribution in [0.2, 0.25) is 0 Å². The van der Waals surface area contributed by atoms with Gasteiger partial charge in [0.1, 0.15) is 11.5 Å². The number of hydrogen-bond donors (Lipinski definition) is 1. The van der Waals surface area contributed by atoms with E-state index < -0.39 is 0 Å². The molecule has 2 rings (SSSR count). The van der Waals surface area contributed by atoms with E-state index in [4.69, 9.17) is 5.73 Å². The maximum atomic E-state index is 12.0. The van der Waals surface area contributed by atoms with E-state index in [1.807, 2.05) is 11.4 Å². The van der Waals surface area contributed by atoms with Crippen LogP contribution < -0.4 is 5.73 Å². The molecule has 0 unspecified atom stereocenters. The van der Waals surface area contributed by atoms with Crippen molar-refractivity contribution in [1.82, 2.24) is 14.9 Å². The van der Waals surface area contributed by atoms with Gasteiger partial charge in [-0.05, 0) is 32.9 Å². The molecule has 0 fully saturated rings. The van der Waals surface area contributed by atoms with Gasteiger partial charge in [0, 0.05) is 13.6 Å². The molecule has 0 aliphatic rings. The van der Waals surface area contributed by atoms with Crippen molar-refractivity contribution in [2.75, 3.05) is 12.8 Å². The van der Waals surface area contributed by atoms with Crippen molar-refractivity contribution in [3.05, 3.63) is 38.9 Å². The first-order chi connectivity index (χ1) is 8.56. The summed E-state index contributed by atoms with van der Waals surface area (Å²) in [6.07, 6.45) is 2.76. The maximum Gasteiger partial charge on any atom is 0.274 e. The zero-order valence-corrected chi connectivity index (χ0v) is 12.0. The Morgan fingerprint density at radius 3 is 2.83 bits per heavy atom. The smallest absolute Gasteiger partial charge is 0.274 e. The summed E-state index contributed by atoms with van der Waals surface area (Å²) in [6, 6.07) is 1.99. The molecule has 0 aliphatic heterocycles. The summed E-state index contributed by atoms with van der Waals surface area (Å²) >= 11 is 4.98. The lowest BCUT2D eigenvalue weighted by molar-refractivity contribution is 0.0779. The highest BCUT2D eigenvalue weighted by atomic mass is 79.9. The van der Waals surface area contributed by atoms with Crippen molar-refractivity contribution in [3.63, 3.8) is 0 Å². The van der Waals surface area contributed by atoms with Crippen molar-refractivity contribution >= 4 is 39.0 Å². The van der Waals surface area contributed by atoms with E-state index in [9.17, 15) is 4.79 Å². The third kappa shape index (κ3) is 3.05. The Morgan fingerprint density at radius 2 is 2.28 bits per heavy atom. The number of hydrogen-bond acceptors (Lipinski definition) is 5. The number of rotatable bonds is 3. The van der Waals surface area contributed by atoms with Crippen LogP contribution in [-0.2, 0) is 6.54 Å². The van der Waals surface area contributed by atoms with Gasteiger partial charge in [-0.3, -0.25) is 4.79 Å². The van der Waals surface area contributed by atoms with Crippen LogP contribution in [0.15, 0.2) is 27.6 Å². The van der Waals surface area contributed by atoms with E-state index in [1.165, 1.54) is 12.4 Å². The second kappa shape index (κ2) is 5.45. The second-order valence-electron chi connectivity index (χ2n) is 3.75. The van der Waals surface area contributed by atoms with Crippen LogP contribution in [0, 0.1) is 0 Å². The molecule has 94 valence electrons. The second-order valence-corrected chi connectivity index (χ2v) is 6.04. The van der Waals surface area contributed by atoms with Gasteiger partial charge >= 0.3 is 0 Å². The number of nitrogens with two attached hydrogens (primary N) is 1. The highest BCUT2D eigenvalue weighted by molar-refractivity contribution is 9.11. The van der Waals surface area contributed by atoms with E-state index >= 15 is 0 Å². The van der Waals surface area contributed by atoms with Crippen LogP contribution in [-0.4, -0.2) is 27.8 Å². The molecule has 0 spiro atoms. The zero-order chi connectivity index (χ0) is 13.1. The van der Waals surface area contributed by atoms with E-state index in [0.29, 0.717) is 18.1 Å². The highest BCUT2D eigenvalue weighted by Crippen LogP contribution is 2.21. The highest BCUT2D eigenvalue weighted by Gasteiger charge is 2.14. The Bertz CT molecular complexity index is 554. The molecule has 0 aliphatic carbocycles. The molecular weight excluding hydrogens is 316 g/mol. The van der Waals surface area contributed by atoms with Crippen LogP contribution in [0.25, 0.3) is 0 Å². The molecule has 5 nitrogen and oxygen atoms in total. The average molecular weight is 327 g/mol. The first kappa shape index (κ1) is 13.0. The van der Waals surface area contributed by atoms with Gasteiger partial charge in [-0.1, -0.05) is 0 Å². The van der Waals surface area contributed by atoms with E-state index in [0.717, 1.165) is 9.35 Å². The lowest BCUT2D eigenvalue weighted by Gasteiger charge is -2.15. The number of aromatic nitrogens is 2. The van der Waals surface area contributed by atoms with Gasteiger partial charge in [0.05, 0.1) is 16.2 Å². The van der Waals surface area contributed by atoms with Crippen LogP contribution in [0.3, 0.4) is 0 Å². The standard InChI is InChI=1S/C11H11BrN4OS/c1-16(5-7-2-9(12)18-6-7)11(17)8-3-15-10(13)4-14-8/h2-4,6H,5H2,1H3,(H2,13,15). The summed E-state index contributed by atoms with van der Waals surface area (Å²) in [5.41, 5.74) is 6.79. The van der Waals surface area contributed by atoms with Crippen LogP contribution in [0.1, 0.15) is 16.1 Å². The van der Waals surface area contributed by atoms with Gasteiger partial charge in [-0.15, -0.1) is 11.3 Å². The Hall–Kier alpha value is -1.47. The number of carbonyl (C=O) groups is 1.